The molecule has 4 aromatic rings. The summed E-state index contributed by atoms with van der Waals surface area (Å²) in [6.45, 7) is 3.38. The molecule has 0 bridgehead atoms. The summed E-state index contributed by atoms with van der Waals surface area (Å²) in [5.41, 5.74) is 5.11. The van der Waals surface area contributed by atoms with Crippen LogP contribution < -0.4 is 14.4 Å². The fraction of sp³-hybridized carbons (Fsp3) is 0.303. The van der Waals surface area contributed by atoms with Crippen LogP contribution in [-0.4, -0.2) is 66.1 Å². The molecule has 1 atom stereocenters. The van der Waals surface area contributed by atoms with Crippen LogP contribution in [0, 0.1) is 6.92 Å². The number of rotatable bonds is 7. The van der Waals surface area contributed by atoms with E-state index in [-0.39, 0.29) is 29.4 Å². The third-order valence-corrected chi connectivity index (χ3v) is 9.45. The monoisotopic (exact) mass is 616 g/mol. The first-order valence-electron chi connectivity index (χ1n) is 14.3. The highest BCUT2D eigenvalue weighted by molar-refractivity contribution is 8.00. The second-order valence-corrected chi connectivity index (χ2v) is 12.2. The Labute approximate surface area is 260 Å². The zero-order valence-corrected chi connectivity index (χ0v) is 26.0. The summed E-state index contributed by atoms with van der Waals surface area (Å²) >= 11 is 7.78. The molecule has 0 spiro atoms. The van der Waals surface area contributed by atoms with Crippen molar-refractivity contribution in [2.75, 3.05) is 44.5 Å². The van der Waals surface area contributed by atoms with Crippen LogP contribution in [0.5, 0.6) is 11.5 Å². The number of hydrogen-bond donors (Lipinski definition) is 0. The second kappa shape index (κ2) is 12.3. The zero-order chi connectivity index (χ0) is 30.1. The Morgan fingerprint density at radius 3 is 2.40 bits per heavy atom. The van der Waals surface area contributed by atoms with Crippen LogP contribution in [0.15, 0.2) is 66.7 Å². The van der Waals surface area contributed by atoms with Gasteiger partial charge in [-0.2, -0.15) is 5.10 Å². The predicted molar refractivity (Wildman–Crippen MR) is 171 cm³/mol. The number of ether oxygens (including phenoxy) is 2. The lowest BCUT2D eigenvalue weighted by molar-refractivity contribution is -0.130. The number of halogens is 1. The maximum Gasteiger partial charge on any atom is 0.242 e. The lowest BCUT2D eigenvalue weighted by Gasteiger charge is -2.26. The van der Waals surface area contributed by atoms with E-state index < -0.39 is 0 Å². The SMILES string of the molecule is COc1ccc(OC)c([C@H]2SCC(=O)N(CC(=O)N3CCCC3)c3c2c(-c2ccc(Cl)cc2)nn3-c2ccc(C)cc2)c1. The topological polar surface area (TPSA) is 76.9 Å². The summed E-state index contributed by atoms with van der Waals surface area (Å²) in [4.78, 5) is 31.1. The average Bonchev–Trinajstić information content (AvgIpc) is 3.67. The molecule has 0 unspecified atom stereocenters. The number of aromatic nitrogens is 2. The van der Waals surface area contributed by atoms with E-state index in [1.165, 1.54) is 11.8 Å². The van der Waals surface area contributed by atoms with Crippen molar-refractivity contribution in [3.05, 3.63) is 88.4 Å². The highest BCUT2D eigenvalue weighted by atomic mass is 35.5. The molecule has 6 rings (SSSR count). The van der Waals surface area contributed by atoms with Crippen molar-refractivity contribution >= 4 is 41.0 Å². The van der Waals surface area contributed by atoms with Crippen molar-refractivity contribution in [1.29, 1.82) is 0 Å². The van der Waals surface area contributed by atoms with Gasteiger partial charge in [0.2, 0.25) is 11.8 Å². The number of methoxy groups -OCH3 is 2. The van der Waals surface area contributed by atoms with E-state index in [4.69, 9.17) is 26.2 Å². The normalized spacial score (nSPS) is 16.7. The number of aryl methyl sites for hydroxylation is 1. The van der Waals surface area contributed by atoms with Gasteiger partial charge < -0.3 is 14.4 Å². The molecule has 0 radical (unpaired) electrons. The molecule has 43 heavy (non-hydrogen) atoms. The van der Waals surface area contributed by atoms with Gasteiger partial charge >= 0.3 is 0 Å². The number of carbonyl (C=O) groups excluding carboxylic acids is 2. The zero-order valence-electron chi connectivity index (χ0n) is 24.4. The highest BCUT2D eigenvalue weighted by Crippen LogP contribution is 2.51. The Balaban J connectivity index is 1.63. The average molecular weight is 617 g/mol. The summed E-state index contributed by atoms with van der Waals surface area (Å²) in [6.07, 6.45) is 1.95. The molecule has 2 aliphatic heterocycles. The molecule has 1 saturated heterocycles. The van der Waals surface area contributed by atoms with Gasteiger partial charge in [0, 0.05) is 34.8 Å². The van der Waals surface area contributed by atoms with Crippen molar-refractivity contribution in [3.63, 3.8) is 0 Å². The lowest BCUT2D eigenvalue weighted by Crippen LogP contribution is -2.43. The number of nitrogens with zero attached hydrogens (tertiary/aromatic N) is 4. The third kappa shape index (κ3) is 5.71. The van der Waals surface area contributed by atoms with Gasteiger partial charge in [-0.3, -0.25) is 14.5 Å². The van der Waals surface area contributed by atoms with Crippen LogP contribution in [-0.2, 0) is 9.59 Å². The smallest absolute Gasteiger partial charge is 0.242 e. The molecule has 0 N–H and O–H groups in total. The van der Waals surface area contributed by atoms with Crippen molar-refractivity contribution in [3.8, 4) is 28.4 Å². The molecule has 222 valence electrons. The number of thioether (sulfide) groups is 1. The lowest BCUT2D eigenvalue weighted by atomic mass is 9.98. The van der Waals surface area contributed by atoms with Crippen LogP contribution in [0.25, 0.3) is 16.9 Å². The Kier molecular flexibility index (Phi) is 8.36. The Morgan fingerprint density at radius 1 is 1.00 bits per heavy atom. The van der Waals surface area contributed by atoms with Gasteiger partial charge in [0.25, 0.3) is 0 Å². The first-order valence-corrected chi connectivity index (χ1v) is 15.7. The molecule has 8 nitrogen and oxygen atoms in total. The fourth-order valence-corrected chi connectivity index (χ4v) is 7.04. The quantitative estimate of drug-likeness (QED) is 0.242. The number of benzene rings is 3. The van der Waals surface area contributed by atoms with E-state index in [1.807, 2.05) is 78.6 Å². The van der Waals surface area contributed by atoms with Crippen molar-refractivity contribution < 1.29 is 19.1 Å². The van der Waals surface area contributed by atoms with Crippen molar-refractivity contribution in [1.82, 2.24) is 14.7 Å². The molecule has 0 aliphatic carbocycles. The van der Waals surface area contributed by atoms with E-state index in [1.54, 1.807) is 23.8 Å². The maximum atomic E-state index is 14.0. The summed E-state index contributed by atoms with van der Waals surface area (Å²) in [6, 6.07) is 21.2. The molecule has 2 amide bonds. The molecular formula is C33H33ClN4O4S. The summed E-state index contributed by atoms with van der Waals surface area (Å²) in [7, 11) is 3.26. The van der Waals surface area contributed by atoms with Crippen LogP contribution in [0.3, 0.4) is 0 Å². The Hall–Kier alpha value is -3.95. The number of likely N-dealkylation sites (tertiary alicyclic amines) is 1. The second-order valence-electron chi connectivity index (χ2n) is 10.7. The molecule has 0 saturated carbocycles. The van der Waals surface area contributed by atoms with Gasteiger partial charge in [0.1, 0.15) is 23.9 Å². The molecule has 1 fully saturated rings. The molecule has 1 aromatic heterocycles. The Morgan fingerprint density at radius 2 is 1.72 bits per heavy atom. The maximum absolute atomic E-state index is 14.0. The third-order valence-electron chi connectivity index (χ3n) is 7.96. The van der Waals surface area contributed by atoms with E-state index in [0.29, 0.717) is 41.1 Å². The number of amides is 2. The van der Waals surface area contributed by atoms with Gasteiger partial charge in [0.05, 0.1) is 36.6 Å². The summed E-state index contributed by atoms with van der Waals surface area (Å²) in [5.74, 6) is 1.87. The largest absolute Gasteiger partial charge is 0.497 e. The van der Waals surface area contributed by atoms with Crippen molar-refractivity contribution in [2.24, 2.45) is 0 Å². The van der Waals surface area contributed by atoms with E-state index in [9.17, 15) is 9.59 Å². The predicted octanol–water partition coefficient (Wildman–Crippen LogP) is 6.31. The van der Waals surface area contributed by atoms with E-state index >= 15 is 0 Å². The minimum atomic E-state index is -0.360. The van der Waals surface area contributed by atoms with Gasteiger partial charge in [-0.1, -0.05) is 41.4 Å². The van der Waals surface area contributed by atoms with Crippen molar-refractivity contribution in [2.45, 2.75) is 25.0 Å². The highest BCUT2D eigenvalue weighted by Gasteiger charge is 2.39. The first kappa shape index (κ1) is 29.1. The Bertz CT molecular complexity index is 1650. The van der Waals surface area contributed by atoms with E-state index in [2.05, 4.69) is 0 Å². The first-order chi connectivity index (χ1) is 20.9. The number of hydrogen-bond acceptors (Lipinski definition) is 6. The van der Waals surface area contributed by atoms with Crippen LogP contribution in [0.2, 0.25) is 5.02 Å². The van der Waals surface area contributed by atoms with Gasteiger partial charge in [-0.05, 0) is 62.2 Å². The minimum absolute atomic E-state index is 0.0635. The van der Waals surface area contributed by atoms with Crippen LogP contribution in [0.1, 0.15) is 34.8 Å². The van der Waals surface area contributed by atoms with E-state index in [0.717, 1.165) is 40.8 Å². The number of fused-ring (bicyclic) bond motifs is 1. The molecule has 3 heterocycles. The number of anilines is 1. The molecule has 2 aliphatic rings. The van der Waals surface area contributed by atoms with Gasteiger partial charge in [0.15, 0.2) is 0 Å². The van der Waals surface area contributed by atoms with Crippen LogP contribution in [0.4, 0.5) is 5.82 Å². The minimum Gasteiger partial charge on any atom is -0.497 e. The summed E-state index contributed by atoms with van der Waals surface area (Å²) < 4.78 is 13.2. The number of carbonyl (C=O) groups is 2. The van der Waals surface area contributed by atoms with Gasteiger partial charge in [-0.25, -0.2) is 4.68 Å². The van der Waals surface area contributed by atoms with Gasteiger partial charge in [-0.15, -0.1) is 11.8 Å². The summed E-state index contributed by atoms with van der Waals surface area (Å²) in [5, 5.41) is 5.42. The molecule has 3 aromatic carbocycles. The van der Waals surface area contributed by atoms with Crippen LogP contribution >= 0.6 is 23.4 Å². The standard InChI is InChI=1S/C33H33ClN4O4S/c1-21-6-12-24(13-7-21)38-33-30(31(35-38)22-8-10-23(34)11-9-22)32(26-18-25(41-2)14-15-27(26)42-3)43-20-29(40)37(33)19-28(39)36-16-4-5-17-36/h6-15,18,32H,4-5,16-17,19-20H2,1-3H3/t32-/m1/s1. The fourth-order valence-electron chi connectivity index (χ4n) is 5.70. The molecule has 10 heteroatoms. The molecular weight excluding hydrogens is 584 g/mol.